The number of hydrogen-bond donors (Lipinski definition) is 3. The Morgan fingerprint density at radius 1 is 1.21 bits per heavy atom. The average molecular weight is 204 g/mol. The molecule has 0 fully saturated rings. The van der Waals surface area contributed by atoms with Gasteiger partial charge in [-0.15, -0.1) is 0 Å². The summed E-state index contributed by atoms with van der Waals surface area (Å²) < 4.78 is 4.88. The van der Waals surface area contributed by atoms with Gasteiger partial charge in [-0.05, 0) is 6.92 Å². The molecule has 14 heavy (non-hydrogen) atoms. The third kappa shape index (κ3) is 6.38. The second-order valence-electron chi connectivity index (χ2n) is 2.45. The van der Waals surface area contributed by atoms with Gasteiger partial charge in [0.25, 0.3) is 0 Å². The van der Waals surface area contributed by atoms with Gasteiger partial charge in [0.15, 0.2) is 0 Å². The topological polar surface area (TPSA) is 87.7 Å². The molecule has 0 heterocycles. The van der Waals surface area contributed by atoms with Crippen molar-refractivity contribution < 1.29 is 19.4 Å². The molecule has 0 spiro atoms. The quantitative estimate of drug-likeness (QED) is 0.353. The van der Waals surface area contributed by atoms with E-state index in [0.29, 0.717) is 6.54 Å². The number of likely N-dealkylation sites (N-methyl/N-ethyl adjacent to an activating group) is 1. The molecule has 82 valence electrons. The van der Waals surface area contributed by atoms with Crippen LogP contribution in [0.3, 0.4) is 0 Å². The Morgan fingerprint density at radius 2 is 1.86 bits per heavy atom. The number of aliphatic hydroxyl groups excluding tert-OH is 1. The molecule has 6 nitrogen and oxygen atoms in total. The van der Waals surface area contributed by atoms with Gasteiger partial charge in [0.05, 0.1) is 19.8 Å². The molecule has 0 aromatic carbocycles. The first-order chi connectivity index (χ1) is 6.72. The predicted octanol–water partition coefficient (Wildman–Crippen LogP) is -1.75. The van der Waals surface area contributed by atoms with Crippen LogP contribution < -0.4 is 10.6 Å². The molecule has 6 heteroatoms. The van der Waals surface area contributed by atoms with Crippen molar-refractivity contribution in [3.05, 3.63) is 0 Å². The van der Waals surface area contributed by atoms with Crippen LogP contribution >= 0.6 is 0 Å². The fourth-order valence-corrected chi connectivity index (χ4v) is 0.724. The van der Waals surface area contributed by atoms with Crippen molar-refractivity contribution in [3.8, 4) is 0 Å². The molecule has 3 N–H and O–H groups in total. The molecule has 0 saturated heterocycles. The molecular weight excluding hydrogens is 188 g/mol. The smallest absolute Gasteiger partial charge is 0.309 e. The number of ether oxygens (including phenoxy) is 1. The Hall–Kier alpha value is -1.14. The molecule has 0 atom stereocenters. The third-order valence-electron chi connectivity index (χ3n) is 1.31. The minimum atomic E-state index is -0.667. The van der Waals surface area contributed by atoms with E-state index in [0.717, 1.165) is 0 Å². The van der Waals surface area contributed by atoms with Crippen LogP contribution in [0.5, 0.6) is 0 Å². The van der Waals surface area contributed by atoms with Gasteiger partial charge in [0.1, 0.15) is 0 Å². The highest BCUT2D eigenvalue weighted by molar-refractivity contribution is 6.35. The van der Waals surface area contributed by atoms with Crippen LogP contribution in [0, 0.1) is 0 Å². The molecule has 0 bridgehead atoms. The summed E-state index contributed by atoms with van der Waals surface area (Å²) in [6.45, 7) is 2.88. The van der Waals surface area contributed by atoms with Crippen molar-refractivity contribution in [3.63, 3.8) is 0 Å². The van der Waals surface area contributed by atoms with Crippen LogP contribution in [0.15, 0.2) is 0 Å². The van der Waals surface area contributed by atoms with Gasteiger partial charge in [-0.1, -0.05) is 0 Å². The van der Waals surface area contributed by atoms with E-state index in [2.05, 4.69) is 10.6 Å². The summed E-state index contributed by atoms with van der Waals surface area (Å²) in [5.74, 6) is -1.31. The van der Waals surface area contributed by atoms with Gasteiger partial charge >= 0.3 is 11.8 Å². The van der Waals surface area contributed by atoms with E-state index in [4.69, 9.17) is 9.84 Å². The number of carbonyl (C=O) groups is 2. The Bertz CT molecular complexity index is 184. The van der Waals surface area contributed by atoms with Crippen LogP contribution in [0.2, 0.25) is 0 Å². The van der Waals surface area contributed by atoms with E-state index in [1.54, 1.807) is 6.92 Å². The fourth-order valence-electron chi connectivity index (χ4n) is 0.724. The summed E-state index contributed by atoms with van der Waals surface area (Å²) in [7, 11) is 0. The van der Waals surface area contributed by atoms with E-state index < -0.39 is 11.8 Å². The van der Waals surface area contributed by atoms with Gasteiger partial charge in [-0.2, -0.15) is 0 Å². The number of nitrogens with one attached hydrogen (secondary N) is 2. The summed E-state index contributed by atoms with van der Waals surface area (Å²) in [6.07, 6.45) is 0. The number of hydrogen-bond acceptors (Lipinski definition) is 4. The van der Waals surface area contributed by atoms with E-state index in [1.165, 1.54) is 0 Å². The molecule has 0 aliphatic carbocycles. The molecule has 0 radical (unpaired) electrons. The van der Waals surface area contributed by atoms with E-state index in [-0.39, 0.29) is 26.4 Å². The first-order valence-corrected chi connectivity index (χ1v) is 4.47. The van der Waals surface area contributed by atoms with Gasteiger partial charge in [-0.3, -0.25) is 9.59 Å². The lowest BCUT2D eigenvalue weighted by Crippen LogP contribution is -2.41. The normalized spacial score (nSPS) is 9.57. The van der Waals surface area contributed by atoms with E-state index >= 15 is 0 Å². The van der Waals surface area contributed by atoms with Crippen molar-refractivity contribution in [2.45, 2.75) is 6.92 Å². The largest absolute Gasteiger partial charge is 0.394 e. The zero-order chi connectivity index (χ0) is 10.8. The van der Waals surface area contributed by atoms with Crippen LogP contribution in [0.4, 0.5) is 0 Å². The van der Waals surface area contributed by atoms with Gasteiger partial charge in [-0.25, -0.2) is 0 Å². The maximum Gasteiger partial charge on any atom is 0.309 e. The molecule has 0 aromatic rings. The van der Waals surface area contributed by atoms with Crippen molar-refractivity contribution in [2.75, 3.05) is 32.9 Å². The average Bonchev–Trinajstić information content (AvgIpc) is 2.17. The SMILES string of the molecule is CCNC(=O)C(=O)NCCOCCO. The van der Waals surface area contributed by atoms with Crippen LogP contribution in [0.25, 0.3) is 0 Å². The molecule has 0 saturated carbocycles. The Kier molecular flexibility index (Phi) is 7.77. The maximum atomic E-state index is 10.9. The lowest BCUT2D eigenvalue weighted by molar-refractivity contribution is -0.139. The van der Waals surface area contributed by atoms with E-state index in [1.807, 2.05) is 0 Å². The van der Waals surface area contributed by atoms with Gasteiger partial charge < -0.3 is 20.5 Å². The molecule has 0 aliphatic rings. The molecule has 0 aromatic heterocycles. The van der Waals surface area contributed by atoms with Crippen molar-refractivity contribution in [1.82, 2.24) is 10.6 Å². The Morgan fingerprint density at radius 3 is 2.43 bits per heavy atom. The molecule has 0 rings (SSSR count). The van der Waals surface area contributed by atoms with Crippen LogP contribution in [0.1, 0.15) is 6.92 Å². The highest BCUT2D eigenvalue weighted by atomic mass is 16.5. The molecule has 0 aliphatic heterocycles. The highest BCUT2D eigenvalue weighted by Crippen LogP contribution is 1.73. The fraction of sp³-hybridized carbons (Fsp3) is 0.750. The monoisotopic (exact) mass is 204 g/mol. The first kappa shape index (κ1) is 12.9. The van der Waals surface area contributed by atoms with Crippen LogP contribution in [-0.4, -0.2) is 49.8 Å². The maximum absolute atomic E-state index is 10.9. The van der Waals surface area contributed by atoms with Gasteiger partial charge in [0.2, 0.25) is 0 Å². The number of rotatable bonds is 6. The van der Waals surface area contributed by atoms with Crippen molar-refractivity contribution >= 4 is 11.8 Å². The second kappa shape index (κ2) is 8.46. The number of amides is 2. The Labute approximate surface area is 82.6 Å². The summed E-state index contributed by atoms with van der Waals surface area (Å²) in [5, 5.41) is 13.1. The summed E-state index contributed by atoms with van der Waals surface area (Å²) >= 11 is 0. The first-order valence-electron chi connectivity index (χ1n) is 4.47. The molecule has 2 amide bonds. The number of aliphatic hydroxyl groups is 1. The minimum Gasteiger partial charge on any atom is -0.394 e. The second-order valence-corrected chi connectivity index (χ2v) is 2.45. The van der Waals surface area contributed by atoms with Crippen LogP contribution in [-0.2, 0) is 14.3 Å². The Balaban J connectivity index is 3.39. The molecule has 0 unspecified atom stereocenters. The summed E-state index contributed by atoms with van der Waals surface area (Å²) in [5.41, 5.74) is 0. The standard InChI is InChI=1S/C8H16N2O4/c1-2-9-7(12)8(13)10-3-5-14-6-4-11/h11H,2-6H2,1H3,(H,9,12)(H,10,13). The zero-order valence-corrected chi connectivity index (χ0v) is 8.21. The van der Waals surface area contributed by atoms with Crippen molar-refractivity contribution in [1.29, 1.82) is 0 Å². The molecular formula is C8H16N2O4. The van der Waals surface area contributed by atoms with Crippen molar-refractivity contribution in [2.24, 2.45) is 0 Å². The number of carbonyl (C=O) groups excluding carboxylic acids is 2. The highest BCUT2D eigenvalue weighted by Gasteiger charge is 2.10. The van der Waals surface area contributed by atoms with E-state index in [9.17, 15) is 9.59 Å². The van der Waals surface area contributed by atoms with Gasteiger partial charge in [0, 0.05) is 13.1 Å². The lowest BCUT2D eigenvalue weighted by Gasteiger charge is -2.04. The minimum absolute atomic E-state index is 0.0513. The summed E-state index contributed by atoms with van der Waals surface area (Å²) in [6, 6.07) is 0. The predicted molar refractivity (Wildman–Crippen MR) is 49.6 cm³/mol. The third-order valence-corrected chi connectivity index (χ3v) is 1.31. The lowest BCUT2D eigenvalue weighted by atomic mass is 10.5. The zero-order valence-electron chi connectivity index (χ0n) is 8.21. The summed E-state index contributed by atoms with van der Waals surface area (Å²) in [4.78, 5) is 21.8.